The Morgan fingerprint density at radius 1 is 1.62 bits per heavy atom. The fraction of sp³-hybridized carbons (Fsp3) is 0.800. The first-order chi connectivity index (χ1) is 3.60. The van der Waals surface area contributed by atoms with Crippen LogP contribution in [0.2, 0.25) is 0 Å². The Labute approximate surface area is 51.9 Å². The maximum atomic E-state index is 4.13. The molecule has 0 saturated carbocycles. The summed E-state index contributed by atoms with van der Waals surface area (Å²) in [6, 6.07) is 0. The van der Waals surface area contributed by atoms with E-state index in [1.165, 1.54) is 0 Å². The van der Waals surface area contributed by atoms with Crippen molar-refractivity contribution in [2.75, 3.05) is 25.4 Å². The molecule has 1 rings (SSSR count). The molecule has 1 heterocycles. The van der Waals surface area contributed by atoms with Crippen LogP contribution in [0.4, 0.5) is 0 Å². The van der Waals surface area contributed by atoms with Crippen LogP contribution in [0.5, 0.6) is 0 Å². The molecule has 2 nitrogen and oxygen atoms in total. The summed E-state index contributed by atoms with van der Waals surface area (Å²) in [7, 11) is 1.55. The lowest BCUT2D eigenvalue weighted by molar-refractivity contribution is 0.429. The lowest BCUT2D eigenvalue weighted by atomic mass is 11.2. The smallest absolute Gasteiger partial charge is 0.0700 e. The fourth-order valence-electron chi connectivity index (χ4n) is 0.756. The second-order valence-electron chi connectivity index (χ2n) is 2.63. The van der Waals surface area contributed by atoms with E-state index in [4.69, 9.17) is 0 Å². The Hall–Kier alpha value is -0.180. The van der Waals surface area contributed by atoms with Gasteiger partial charge in [-0.15, -0.1) is 0 Å². The lowest BCUT2D eigenvalue weighted by Gasteiger charge is -2.20. The highest BCUT2D eigenvalue weighted by Crippen LogP contribution is 2.40. The summed E-state index contributed by atoms with van der Waals surface area (Å²) in [5.74, 6) is 1.13. The van der Waals surface area contributed by atoms with Crippen molar-refractivity contribution in [2.24, 2.45) is 5.10 Å². The molecule has 3 heteroatoms. The van der Waals surface area contributed by atoms with Gasteiger partial charge in [0.15, 0.2) is 0 Å². The molecule has 0 saturated heterocycles. The molecular weight excluding hydrogens is 120 g/mol. The van der Waals surface area contributed by atoms with Crippen LogP contribution in [-0.4, -0.2) is 36.0 Å². The third kappa shape index (κ3) is 1.15. The van der Waals surface area contributed by atoms with Gasteiger partial charge in [-0.3, -0.25) is 5.01 Å². The van der Waals surface area contributed by atoms with Gasteiger partial charge < -0.3 is 0 Å². The van der Waals surface area contributed by atoms with Crippen LogP contribution in [0.3, 0.4) is 0 Å². The molecule has 0 N–H and O–H groups in total. The Morgan fingerprint density at radius 3 is 2.38 bits per heavy atom. The van der Waals surface area contributed by atoms with E-state index in [1.807, 2.05) is 12.1 Å². The maximum absolute atomic E-state index is 4.13. The van der Waals surface area contributed by atoms with Crippen LogP contribution in [0.25, 0.3) is 0 Å². The van der Waals surface area contributed by atoms with Gasteiger partial charge in [0, 0.05) is 7.05 Å². The number of rotatable bonds is 0. The fourth-order valence-corrected chi connectivity index (χ4v) is 2.27. The van der Waals surface area contributed by atoms with Gasteiger partial charge >= 0.3 is 0 Å². The number of nitrogens with zero attached hydrogens (tertiary/aromatic N) is 2. The van der Waals surface area contributed by atoms with Crippen molar-refractivity contribution in [1.82, 2.24) is 5.01 Å². The largest absolute Gasteiger partial charge is 0.291 e. The van der Waals surface area contributed by atoms with Gasteiger partial charge in [-0.25, -0.2) is 0 Å². The predicted molar refractivity (Wildman–Crippen MR) is 40.6 cm³/mol. The molecule has 1 aliphatic heterocycles. The molecule has 0 amide bonds. The first kappa shape index (κ1) is 5.95. The van der Waals surface area contributed by atoms with Crippen molar-refractivity contribution in [3.05, 3.63) is 0 Å². The molecule has 0 bridgehead atoms. The van der Waals surface area contributed by atoms with Gasteiger partial charge in [0.25, 0.3) is 0 Å². The monoisotopic (exact) mass is 132 g/mol. The lowest BCUT2D eigenvalue weighted by Crippen LogP contribution is -2.09. The summed E-state index contributed by atoms with van der Waals surface area (Å²) in [6.45, 7) is 0. The van der Waals surface area contributed by atoms with E-state index in [1.54, 1.807) is 0 Å². The van der Waals surface area contributed by atoms with Crippen LogP contribution in [0.15, 0.2) is 5.10 Å². The molecule has 0 aliphatic carbocycles. The highest BCUT2D eigenvalue weighted by atomic mass is 32.3. The van der Waals surface area contributed by atoms with Gasteiger partial charge in [-0.05, 0) is 12.5 Å². The van der Waals surface area contributed by atoms with Crippen LogP contribution >= 0.6 is 10.0 Å². The predicted octanol–water partition coefficient (Wildman–Crippen LogP) is 0.897. The summed E-state index contributed by atoms with van der Waals surface area (Å²) in [5, 5.41) is 6.13. The minimum absolute atomic E-state index is 0.461. The quantitative estimate of drug-likeness (QED) is 0.478. The normalized spacial score (nSPS) is 28.6. The van der Waals surface area contributed by atoms with Crippen LogP contribution in [0.1, 0.15) is 0 Å². The van der Waals surface area contributed by atoms with Crippen LogP contribution in [-0.2, 0) is 0 Å². The Bertz CT molecular complexity index is 120. The van der Waals surface area contributed by atoms with Crippen molar-refractivity contribution < 1.29 is 0 Å². The maximum Gasteiger partial charge on any atom is 0.0700 e. The minimum Gasteiger partial charge on any atom is -0.291 e. The zero-order valence-electron chi connectivity index (χ0n) is 5.59. The van der Waals surface area contributed by atoms with Gasteiger partial charge in [-0.1, -0.05) is 0 Å². The van der Waals surface area contributed by atoms with E-state index in [0.29, 0.717) is 0 Å². The third-order valence-corrected chi connectivity index (χ3v) is 2.75. The SMILES string of the molecule is CN1CS(C)(C)C=N1. The topological polar surface area (TPSA) is 15.6 Å². The van der Waals surface area contributed by atoms with Crippen molar-refractivity contribution in [3.8, 4) is 0 Å². The summed E-state index contributed by atoms with van der Waals surface area (Å²) in [6.07, 6.45) is 4.53. The van der Waals surface area contributed by atoms with Crippen LogP contribution < -0.4 is 0 Å². The van der Waals surface area contributed by atoms with Crippen molar-refractivity contribution in [3.63, 3.8) is 0 Å². The van der Waals surface area contributed by atoms with E-state index in [0.717, 1.165) is 5.88 Å². The standard InChI is InChI=1S/C5H12N2S/c1-7-5-8(2,3)4-6-7/h4H,5H2,1-3H3. The Kier molecular flexibility index (Phi) is 1.23. The molecule has 0 fully saturated rings. The van der Waals surface area contributed by atoms with Crippen molar-refractivity contribution in [1.29, 1.82) is 0 Å². The summed E-state index contributed by atoms with van der Waals surface area (Å²) < 4.78 is 0. The van der Waals surface area contributed by atoms with Crippen LogP contribution in [0, 0.1) is 0 Å². The molecule has 0 spiro atoms. The second kappa shape index (κ2) is 1.65. The highest BCUT2D eigenvalue weighted by molar-refractivity contribution is 8.43. The van der Waals surface area contributed by atoms with E-state index >= 15 is 0 Å². The molecule has 0 unspecified atom stereocenters. The van der Waals surface area contributed by atoms with Gasteiger partial charge in [0.05, 0.1) is 11.4 Å². The van der Waals surface area contributed by atoms with Gasteiger partial charge in [0.2, 0.25) is 0 Å². The van der Waals surface area contributed by atoms with Crippen molar-refractivity contribution in [2.45, 2.75) is 0 Å². The average Bonchev–Trinajstić information content (AvgIpc) is 1.82. The van der Waals surface area contributed by atoms with E-state index in [2.05, 4.69) is 23.2 Å². The molecule has 1 aliphatic rings. The zero-order valence-corrected chi connectivity index (χ0v) is 6.40. The zero-order chi connectivity index (χ0) is 6.20. The van der Waals surface area contributed by atoms with E-state index < -0.39 is 10.0 Å². The average molecular weight is 132 g/mol. The molecule has 0 atom stereocenters. The summed E-state index contributed by atoms with van der Waals surface area (Å²) in [4.78, 5) is 0. The molecule has 0 radical (unpaired) electrons. The first-order valence-corrected chi connectivity index (χ1v) is 5.24. The molecule has 48 valence electrons. The molecule has 0 aromatic rings. The summed E-state index contributed by atoms with van der Waals surface area (Å²) in [5.41, 5.74) is 2.08. The van der Waals surface area contributed by atoms with Gasteiger partial charge in [-0.2, -0.15) is 15.1 Å². The number of hydrogen-bond donors (Lipinski definition) is 0. The van der Waals surface area contributed by atoms with Crippen molar-refractivity contribution >= 4 is 15.6 Å². The molecule has 0 aromatic heterocycles. The summed E-state index contributed by atoms with van der Waals surface area (Å²) >= 11 is 0. The number of hydrazone groups is 1. The number of hydrogen-bond acceptors (Lipinski definition) is 2. The molecular formula is C5H12N2S. The Morgan fingerprint density at radius 2 is 2.25 bits per heavy atom. The molecule has 8 heavy (non-hydrogen) atoms. The van der Waals surface area contributed by atoms with Gasteiger partial charge in [0.1, 0.15) is 0 Å². The minimum atomic E-state index is -0.461. The highest BCUT2D eigenvalue weighted by Gasteiger charge is 2.15. The molecule has 0 aromatic carbocycles. The second-order valence-corrected chi connectivity index (χ2v) is 6.35. The van der Waals surface area contributed by atoms with E-state index in [9.17, 15) is 0 Å². The van der Waals surface area contributed by atoms with E-state index in [-0.39, 0.29) is 0 Å². The first-order valence-electron chi connectivity index (χ1n) is 2.56. The third-order valence-electron chi connectivity index (χ3n) is 1.05. The Balaban J connectivity index is 2.58.